The van der Waals surface area contributed by atoms with Crippen molar-refractivity contribution in [1.82, 2.24) is 9.21 Å². The summed E-state index contributed by atoms with van der Waals surface area (Å²) in [6.07, 6.45) is 1.32. The van der Waals surface area contributed by atoms with Crippen LogP contribution in [0.1, 0.15) is 24.8 Å². The Balaban J connectivity index is 1.59. The molecule has 0 aromatic heterocycles. The van der Waals surface area contributed by atoms with Gasteiger partial charge in [0.25, 0.3) is 0 Å². The summed E-state index contributed by atoms with van der Waals surface area (Å²) in [6.45, 7) is 1.03. The number of nitrogens with zero attached hydrogens (tertiary/aromatic N) is 2. The van der Waals surface area contributed by atoms with E-state index >= 15 is 0 Å². The molecule has 1 heterocycles. The van der Waals surface area contributed by atoms with Gasteiger partial charge in [0.15, 0.2) is 0 Å². The number of ether oxygens (including phenoxy) is 1. The van der Waals surface area contributed by atoms with Crippen LogP contribution in [0.25, 0.3) is 0 Å². The Morgan fingerprint density at radius 3 is 2.42 bits per heavy atom. The Hall–Kier alpha value is -2.29. The number of hydrogen-bond acceptors (Lipinski definition) is 4. The summed E-state index contributed by atoms with van der Waals surface area (Å²) in [4.78, 5) is 15.1. The maximum atomic E-state index is 13.7. The summed E-state index contributed by atoms with van der Waals surface area (Å²) in [5, 5.41) is 0.735. The molecular formula is C28H29Cl3N2O4S. The second-order valence-electron chi connectivity index (χ2n) is 9.65. The van der Waals surface area contributed by atoms with Crippen molar-refractivity contribution in [2.24, 2.45) is 5.41 Å². The van der Waals surface area contributed by atoms with Crippen molar-refractivity contribution < 1.29 is 17.9 Å². The largest absolute Gasteiger partial charge is 0.493 e. The minimum Gasteiger partial charge on any atom is -0.493 e. The van der Waals surface area contributed by atoms with Gasteiger partial charge in [-0.3, -0.25) is 4.79 Å². The molecule has 0 bridgehead atoms. The lowest BCUT2D eigenvalue weighted by atomic mass is 9.78. The summed E-state index contributed by atoms with van der Waals surface area (Å²) >= 11 is 18.4. The van der Waals surface area contributed by atoms with E-state index < -0.39 is 15.4 Å². The minimum absolute atomic E-state index is 0.0126. The Morgan fingerprint density at radius 2 is 1.71 bits per heavy atom. The highest BCUT2D eigenvalue weighted by Crippen LogP contribution is 2.39. The van der Waals surface area contributed by atoms with Crippen molar-refractivity contribution in [3.05, 3.63) is 93.4 Å². The first-order chi connectivity index (χ1) is 18.1. The van der Waals surface area contributed by atoms with E-state index in [4.69, 9.17) is 39.5 Å². The second kappa shape index (κ2) is 12.3. The fourth-order valence-corrected chi connectivity index (χ4v) is 7.13. The molecule has 1 saturated heterocycles. The van der Waals surface area contributed by atoms with Crippen molar-refractivity contribution in [1.29, 1.82) is 0 Å². The molecular weight excluding hydrogens is 567 g/mol. The van der Waals surface area contributed by atoms with E-state index in [1.54, 1.807) is 48.3 Å². The fourth-order valence-electron chi connectivity index (χ4n) is 4.67. The van der Waals surface area contributed by atoms with Gasteiger partial charge in [0.1, 0.15) is 10.6 Å². The molecule has 202 valence electrons. The lowest BCUT2D eigenvalue weighted by Crippen LogP contribution is -2.50. The molecule has 0 spiro atoms. The van der Waals surface area contributed by atoms with Crippen LogP contribution in [0.3, 0.4) is 0 Å². The van der Waals surface area contributed by atoms with E-state index in [-0.39, 0.29) is 40.4 Å². The molecule has 0 unspecified atom stereocenters. The van der Waals surface area contributed by atoms with E-state index in [2.05, 4.69) is 0 Å². The maximum Gasteiger partial charge on any atom is 0.244 e. The lowest BCUT2D eigenvalue weighted by Gasteiger charge is -2.42. The highest BCUT2D eigenvalue weighted by Gasteiger charge is 2.43. The smallest absolute Gasteiger partial charge is 0.244 e. The van der Waals surface area contributed by atoms with Crippen LogP contribution in [0, 0.1) is 5.41 Å². The van der Waals surface area contributed by atoms with Crippen LogP contribution in [0.2, 0.25) is 15.1 Å². The van der Waals surface area contributed by atoms with Gasteiger partial charge < -0.3 is 9.64 Å². The highest BCUT2D eigenvalue weighted by molar-refractivity contribution is 7.89. The zero-order chi connectivity index (χ0) is 27.3. The fraction of sp³-hybridized carbons (Fsp3) is 0.321. The number of hydrogen-bond donors (Lipinski definition) is 0. The molecule has 10 heteroatoms. The van der Waals surface area contributed by atoms with Crippen molar-refractivity contribution in [2.75, 3.05) is 26.7 Å². The molecule has 1 fully saturated rings. The lowest BCUT2D eigenvalue weighted by molar-refractivity contribution is -0.134. The van der Waals surface area contributed by atoms with Gasteiger partial charge in [-0.15, -0.1) is 0 Å². The van der Waals surface area contributed by atoms with E-state index in [1.807, 2.05) is 30.3 Å². The van der Waals surface area contributed by atoms with Crippen molar-refractivity contribution in [3.63, 3.8) is 0 Å². The number of benzene rings is 3. The molecule has 1 amide bonds. The zero-order valence-electron chi connectivity index (χ0n) is 20.9. The number of amides is 1. The third-order valence-corrected chi connectivity index (χ3v) is 9.80. The molecule has 6 nitrogen and oxygen atoms in total. The Morgan fingerprint density at radius 1 is 1.00 bits per heavy atom. The maximum absolute atomic E-state index is 13.7. The van der Waals surface area contributed by atoms with Gasteiger partial charge >= 0.3 is 0 Å². The van der Waals surface area contributed by atoms with Crippen LogP contribution in [0.15, 0.2) is 77.7 Å². The molecule has 1 aliphatic rings. The van der Waals surface area contributed by atoms with Crippen molar-refractivity contribution in [2.45, 2.75) is 30.7 Å². The third kappa shape index (κ3) is 6.82. The van der Waals surface area contributed by atoms with Gasteiger partial charge in [-0.1, -0.05) is 71.2 Å². The van der Waals surface area contributed by atoms with Crippen LogP contribution < -0.4 is 4.74 Å². The Labute approximate surface area is 239 Å². The average molecular weight is 596 g/mol. The monoisotopic (exact) mass is 594 g/mol. The summed E-state index contributed by atoms with van der Waals surface area (Å²) in [6, 6.07) is 21.2. The average Bonchev–Trinajstić information content (AvgIpc) is 2.90. The molecule has 38 heavy (non-hydrogen) atoms. The molecule has 0 radical (unpaired) electrons. The molecule has 3 aromatic carbocycles. The topological polar surface area (TPSA) is 66.9 Å². The van der Waals surface area contributed by atoms with E-state index in [1.165, 1.54) is 10.4 Å². The molecule has 1 atom stereocenters. The number of sulfonamides is 1. The van der Waals surface area contributed by atoms with Gasteiger partial charge in [0.2, 0.25) is 15.9 Å². The van der Waals surface area contributed by atoms with E-state index in [9.17, 15) is 13.2 Å². The van der Waals surface area contributed by atoms with Crippen molar-refractivity contribution >= 4 is 50.7 Å². The minimum atomic E-state index is -3.96. The number of carbonyl (C=O) groups is 1. The summed E-state index contributed by atoms with van der Waals surface area (Å²) in [5.74, 6) is 0.505. The number of carbonyl (C=O) groups excluding carboxylic acids is 1. The number of piperidine rings is 1. The van der Waals surface area contributed by atoms with Gasteiger partial charge in [0.05, 0.1) is 16.7 Å². The van der Waals surface area contributed by atoms with Crippen LogP contribution in [0.4, 0.5) is 0 Å². The van der Waals surface area contributed by atoms with Gasteiger partial charge in [-0.2, -0.15) is 4.31 Å². The third-order valence-electron chi connectivity index (χ3n) is 6.73. The van der Waals surface area contributed by atoms with E-state index in [0.29, 0.717) is 36.7 Å². The van der Waals surface area contributed by atoms with Crippen LogP contribution >= 0.6 is 34.8 Å². The number of rotatable bonds is 9. The summed E-state index contributed by atoms with van der Waals surface area (Å²) < 4.78 is 34.8. The molecule has 0 N–H and O–H groups in total. The normalized spacial score (nSPS) is 18.2. The SMILES string of the molecule is CN(Cc1ccccc1)C(=O)C[C@]1(COc2ccc(Cl)cc2)CCCN(S(=O)(=O)c2cccc(Cl)c2Cl)C1. The first-order valence-electron chi connectivity index (χ1n) is 12.2. The first kappa shape index (κ1) is 28.7. The van der Waals surface area contributed by atoms with Gasteiger partial charge in [0, 0.05) is 43.5 Å². The van der Waals surface area contributed by atoms with Crippen LogP contribution in [0.5, 0.6) is 5.75 Å². The van der Waals surface area contributed by atoms with Crippen LogP contribution in [-0.2, 0) is 21.4 Å². The molecule has 0 saturated carbocycles. The molecule has 1 aliphatic heterocycles. The van der Waals surface area contributed by atoms with Crippen molar-refractivity contribution in [3.8, 4) is 5.75 Å². The standard InChI is InChI=1S/C28H29Cl3N2O4S/c1-32(18-21-7-3-2-4-8-21)26(34)17-28(20-37-23-13-11-22(29)12-14-23)15-6-16-33(19-28)38(35,36)25-10-5-9-24(30)27(25)31/h2-5,7-14H,6,15-20H2,1H3/t28-/m1/s1. The molecule has 0 aliphatic carbocycles. The molecule has 3 aromatic rings. The van der Waals surface area contributed by atoms with Crippen LogP contribution in [-0.4, -0.2) is 50.3 Å². The summed E-state index contributed by atoms with van der Waals surface area (Å²) in [5.41, 5.74) is 0.260. The Kier molecular flexibility index (Phi) is 9.27. The van der Waals surface area contributed by atoms with Gasteiger partial charge in [-0.05, 0) is 54.8 Å². The van der Waals surface area contributed by atoms with Gasteiger partial charge in [-0.25, -0.2) is 8.42 Å². The second-order valence-corrected chi connectivity index (χ2v) is 12.8. The zero-order valence-corrected chi connectivity index (χ0v) is 24.0. The predicted octanol–water partition coefficient (Wildman–Crippen LogP) is 6.55. The predicted molar refractivity (Wildman–Crippen MR) is 151 cm³/mol. The summed E-state index contributed by atoms with van der Waals surface area (Å²) in [7, 11) is -2.20. The Bertz CT molecular complexity index is 1370. The molecule has 4 rings (SSSR count). The first-order valence-corrected chi connectivity index (χ1v) is 14.8. The van der Waals surface area contributed by atoms with E-state index in [0.717, 1.165) is 5.56 Å². The number of halogens is 3. The highest BCUT2D eigenvalue weighted by atomic mass is 35.5. The quantitative estimate of drug-likeness (QED) is 0.282.